The van der Waals surface area contributed by atoms with Crippen LogP contribution in [0.15, 0.2) is 18.2 Å². The number of ether oxygens (including phenoxy) is 2. The molecule has 0 saturated carbocycles. The quantitative estimate of drug-likeness (QED) is 0.629. The summed E-state index contributed by atoms with van der Waals surface area (Å²) in [4.78, 5) is 26.3. The third kappa shape index (κ3) is 5.01. The van der Waals surface area contributed by atoms with Crippen molar-refractivity contribution < 1.29 is 27.5 Å². The lowest BCUT2D eigenvalue weighted by Gasteiger charge is -2.24. The minimum absolute atomic E-state index is 0.277. The van der Waals surface area contributed by atoms with E-state index < -0.39 is 28.4 Å². The number of benzene rings is 1. The van der Waals surface area contributed by atoms with E-state index in [2.05, 4.69) is 5.32 Å². The number of rotatable bonds is 7. The first-order chi connectivity index (χ1) is 14.7. The Hall–Kier alpha value is -2.59. The zero-order valence-electron chi connectivity index (χ0n) is 18.0. The predicted octanol–water partition coefficient (Wildman–Crippen LogP) is 3.14. The Morgan fingerprint density at radius 1 is 1.19 bits per heavy atom. The van der Waals surface area contributed by atoms with E-state index in [9.17, 15) is 18.0 Å². The smallest absolute Gasteiger partial charge is 0.341 e. The highest BCUT2D eigenvalue weighted by molar-refractivity contribution is 7.92. The zero-order chi connectivity index (χ0) is 22.8. The van der Waals surface area contributed by atoms with Crippen LogP contribution < -0.4 is 14.4 Å². The molecule has 8 nitrogen and oxygen atoms in total. The van der Waals surface area contributed by atoms with Crippen LogP contribution in [0.1, 0.15) is 39.2 Å². The van der Waals surface area contributed by atoms with E-state index in [-0.39, 0.29) is 5.69 Å². The van der Waals surface area contributed by atoms with Gasteiger partial charge in [0.2, 0.25) is 15.9 Å². The van der Waals surface area contributed by atoms with Crippen molar-refractivity contribution in [3.63, 3.8) is 0 Å². The third-order valence-electron chi connectivity index (χ3n) is 5.10. The molecule has 1 aliphatic rings. The molecule has 0 atom stereocenters. The molecule has 31 heavy (non-hydrogen) atoms. The maximum atomic E-state index is 12.9. The summed E-state index contributed by atoms with van der Waals surface area (Å²) in [6.45, 7) is 1.37. The SMILES string of the molecule is COC(=O)c1c(NC(=O)CN(c2cc(C)ccc2OC)S(C)(=O)=O)sc2c1CCCC2. The molecule has 0 bridgehead atoms. The van der Waals surface area contributed by atoms with Gasteiger partial charge in [0, 0.05) is 4.88 Å². The maximum absolute atomic E-state index is 12.9. The van der Waals surface area contributed by atoms with Crippen LogP contribution in [-0.4, -0.2) is 47.3 Å². The largest absolute Gasteiger partial charge is 0.495 e. The number of hydrogen-bond donors (Lipinski definition) is 1. The lowest BCUT2D eigenvalue weighted by atomic mass is 9.95. The summed E-state index contributed by atoms with van der Waals surface area (Å²) >= 11 is 1.35. The average molecular weight is 467 g/mol. The Bertz CT molecular complexity index is 1110. The molecule has 3 rings (SSSR count). The number of hydrogen-bond acceptors (Lipinski definition) is 7. The topological polar surface area (TPSA) is 102 Å². The second kappa shape index (κ2) is 9.27. The number of sulfonamides is 1. The molecule has 0 saturated heterocycles. The molecule has 2 aromatic rings. The van der Waals surface area contributed by atoms with Crippen LogP contribution in [0, 0.1) is 6.92 Å². The highest BCUT2D eigenvalue weighted by atomic mass is 32.2. The van der Waals surface area contributed by atoms with Crippen molar-refractivity contribution in [2.75, 3.05) is 36.6 Å². The van der Waals surface area contributed by atoms with Gasteiger partial charge in [-0.05, 0) is 55.9 Å². The summed E-state index contributed by atoms with van der Waals surface area (Å²) in [7, 11) is -1.04. The van der Waals surface area contributed by atoms with Gasteiger partial charge in [0.25, 0.3) is 0 Å². The number of fused-ring (bicyclic) bond motifs is 1. The molecule has 0 fully saturated rings. The fourth-order valence-corrected chi connectivity index (χ4v) is 5.79. The molecule has 0 radical (unpaired) electrons. The Morgan fingerprint density at radius 2 is 1.90 bits per heavy atom. The number of esters is 1. The van der Waals surface area contributed by atoms with Gasteiger partial charge in [-0.15, -0.1) is 11.3 Å². The maximum Gasteiger partial charge on any atom is 0.341 e. The molecule has 0 unspecified atom stereocenters. The van der Waals surface area contributed by atoms with Gasteiger partial charge in [0.05, 0.1) is 31.7 Å². The van der Waals surface area contributed by atoms with Crippen molar-refractivity contribution in [3.8, 4) is 5.75 Å². The Kier molecular flexibility index (Phi) is 6.90. The first kappa shape index (κ1) is 23.1. The highest BCUT2D eigenvalue weighted by Crippen LogP contribution is 2.38. The van der Waals surface area contributed by atoms with Gasteiger partial charge in [-0.2, -0.15) is 0 Å². The van der Waals surface area contributed by atoms with Crippen LogP contribution in [0.5, 0.6) is 5.75 Å². The molecule has 1 aromatic carbocycles. The number of carbonyl (C=O) groups excluding carboxylic acids is 2. The standard InChI is InChI=1S/C21H26N2O6S2/c1-13-9-10-16(28-2)15(11-13)23(31(4,26)27)12-18(24)22-20-19(21(25)29-3)14-7-5-6-8-17(14)30-20/h9-11H,5-8,12H2,1-4H3,(H,22,24). The van der Waals surface area contributed by atoms with E-state index in [4.69, 9.17) is 9.47 Å². The second-order valence-corrected chi connectivity index (χ2v) is 10.4. The normalized spacial score (nSPS) is 13.3. The van der Waals surface area contributed by atoms with Gasteiger partial charge in [-0.3, -0.25) is 9.10 Å². The number of methoxy groups -OCH3 is 2. The van der Waals surface area contributed by atoms with Crippen molar-refractivity contribution in [2.24, 2.45) is 0 Å². The number of nitrogens with zero attached hydrogens (tertiary/aromatic N) is 1. The fraction of sp³-hybridized carbons (Fsp3) is 0.429. The number of carbonyl (C=O) groups is 2. The number of thiophene rings is 1. The molecule has 10 heteroatoms. The van der Waals surface area contributed by atoms with E-state index in [0.29, 0.717) is 16.3 Å². The molecule has 0 spiro atoms. The minimum atomic E-state index is -3.78. The average Bonchev–Trinajstić information content (AvgIpc) is 3.08. The van der Waals surface area contributed by atoms with Gasteiger partial charge >= 0.3 is 5.97 Å². The molecule has 168 valence electrons. The lowest BCUT2D eigenvalue weighted by molar-refractivity contribution is -0.114. The Labute approximate surface area is 186 Å². The fourth-order valence-electron chi connectivity index (χ4n) is 3.64. The highest BCUT2D eigenvalue weighted by Gasteiger charge is 2.29. The van der Waals surface area contributed by atoms with Gasteiger partial charge in [-0.1, -0.05) is 6.07 Å². The first-order valence-corrected chi connectivity index (χ1v) is 12.5. The summed E-state index contributed by atoms with van der Waals surface area (Å²) in [6, 6.07) is 5.10. The molecular formula is C21H26N2O6S2. The predicted molar refractivity (Wildman–Crippen MR) is 121 cm³/mol. The molecule has 1 amide bonds. The number of nitrogens with one attached hydrogen (secondary N) is 1. The molecule has 1 N–H and O–H groups in total. The van der Waals surface area contributed by atoms with Crippen LogP contribution in [0.2, 0.25) is 0 Å². The molecule has 1 heterocycles. The number of anilines is 2. The van der Waals surface area contributed by atoms with Crippen LogP contribution >= 0.6 is 11.3 Å². The van der Waals surface area contributed by atoms with E-state index in [1.54, 1.807) is 18.2 Å². The summed E-state index contributed by atoms with van der Waals surface area (Å²) in [5.41, 5.74) is 2.39. The number of amides is 1. The van der Waals surface area contributed by atoms with Crippen LogP contribution in [0.4, 0.5) is 10.7 Å². The third-order valence-corrected chi connectivity index (χ3v) is 7.44. The molecule has 1 aliphatic carbocycles. The first-order valence-electron chi connectivity index (χ1n) is 9.80. The van der Waals surface area contributed by atoms with E-state index in [1.807, 2.05) is 6.92 Å². The Morgan fingerprint density at radius 3 is 2.55 bits per heavy atom. The van der Waals surface area contributed by atoms with Gasteiger partial charge in [-0.25, -0.2) is 13.2 Å². The van der Waals surface area contributed by atoms with E-state index in [0.717, 1.165) is 52.2 Å². The van der Waals surface area contributed by atoms with Gasteiger partial charge in [0.15, 0.2) is 0 Å². The summed E-state index contributed by atoms with van der Waals surface area (Å²) < 4.78 is 36.2. The van der Waals surface area contributed by atoms with Gasteiger partial charge < -0.3 is 14.8 Å². The lowest BCUT2D eigenvalue weighted by Crippen LogP contribution is -2.37. The van der Waals surface area contributed by atoms with Crippen molar-refractivity contribution >= 4 is 43.9 Å². The van der Waals surface area contributed by atoms with Crippen LogP contribution in [0.3, 0.4) is 0 Å². The summed E-state index contributed by atoms with van der Waals surface area (Å²) in [5, 5.41) is 3.14. The van der Waals surface area contributed by atoms with E-state index >= 15 is 0 Å². The second-order valence-electron chi connectivity index (χ2n) is 7.40. The van der Waals surface area contributed by atoms with Crippen LogP contribution in [0.25, 0.3) is 0 Å². The van der Waals surface area contributed by atoms with Crippen molar-refractivity contribution in [1.29, 1.82) is 0 Å². The van der Waals surface area contributed by atoms with E-state index in [1.165, 1.54) is 25.6 Å². The van der Waals surface area contributed by atoms with Crippen molar-refractivity contribution in [2.45, 2.75) is 32.6 Å². The minimum Gasteiger partial charge on any atom is -0.495 e. The molecular weight excluding hydrogens is 440 g/mol. The Balaban J connectivity index is 1.92. The number of aryl methyl sites for hydroxylation is 2. The monoisotopic (exact) mass is 466 g/mol. The zero-order valence-corrected chi connectivity index (χ0v) is 19.6. The van der Waals surface area contributed by atoms with Crippen LogP contribution in [-0.2, 0) is 32.4 Å². The summed E-state index contributed by atoms with van der Waals surface area (Å²) in [5.74, 6) is -0.724. The molecule has 1 aromatic heterocycles. The van der Waals surface area contributed by atoms with Crippen molar-refractivity contribution in [1.82, 2.24) is 0 Å². The molecule has 0 aliphatic heterocycles. The van der Waals surface area contributed by atoms with Gasteiger partial charge in [0.1, 0.15) is 17.3 Å². The van der Waals surface area contributed by atoms with Crippen molar-refractivity contribution in [3.05, 3.63) is 39.8 Å². The summed E-state index contributed by atoms with van der Waals surface area (Å²) in [6.07, 6.45) is 4.62.